The first-order valence-electron chi connectivity index (χ1n) is 12.1. The normalized spacial score (nSPS) is 13.4. The molecule has 0 amide bonds. The molecule has 0 fully saturated rings. The van der Waals surface area contributed by atoms with Crippen molar-refractivity contribution in [3.8, 4) is 28.5 Å². The minimum absolute atomic E-state index is 0.145. The summed E-state index contributed by atoms with van der Waals surface area (Å²) >= 11 is 0. The van der Waals surface area contributed by atoms with Crippen molar-refractivity contribution in [2.75, 3.05) is 4.90 Å². The summed E-state index contributed by atoms with van der Waals surface area (Å²) in [5.74, 6) is 0. The molecule has 3 heteroatoms. The van der Waals surface area contributed by atoms with E-state index in [1.807, 2.05) is 36.5 Å². The van der Waals surface area contributed by atoms with Gasteiger partial charge >= 0.3 is 0 Å². The van der Waals surface area contributed by atoms with Crippen LogP contribution in [0.25, 0.3) is 22.4 Å². The number of aromatic nitrogens is 1. The molecule has 6 rings (SSSR count). The highest BCUT2D eigenvalue weighted by Gasteiger charge is 2.38. The summed E-state index contributed by atoms with van der Waals surface area (Å²) in [5.41, 5.74) is 10.5. The summed E-state index contributed by atoms with van der Waals surface area (Å²) in [6.07, 6.45) is 1.88. The summed E-state index contributed by atoms with van der Waals surface area (Å²) < 4.78 is 0. The Morgan fingerprint density at radius 2 is 1.25 bits per heavy atom. The Hall–Kier alpha value is -4.68. The number of nitriles is 1. The Morgan fingerprint density at radius 3 is 1.86 bits per heavy atom. The van der Waals surface area contributed by atoms with E-state index in [-0.39, 0.29) is 5.41 Å². The molecule has 0 radical (unpaired) electrons. The molecule has 1 aromatic heterocycles. The molecule has 1 aliphatic heterocycles. The van der Waals surface area contributed by atoms with Crippen LogP contribution in [-0.2, 0) is 5.41 Å². The van der Waals surface area contributed by atoms with Crippen LogP contribution in [0.2, 0.25) is 0 Å². The molecule has 0 aliphatic carbocycles. The maximum Gasteiger partial charge on any atom is 0.0991 e. The molecule has 0 saturated heterocycles. The van der Waals surface area contributed by atoms with Gasteiger partial charge in [-0.15, -0.1) is 0 Å². The number of nitrogens with zero attached hydrogens (tertiary/aromatic N) is 3. The van der Waals surface area contributed by atoms with Crippen LogP contribution in [0.4, 0.5) is 17.1 Å². The molecule has 1 aliphatic rings. The van der Waals surface area contributed by atoms with Gasteiger partial charge in [-0.05, 0) is 47.0 Å². The molecule has 3 nitrogen and oxygen atoms in total. The molecule has 5 aromatic rings. The van der Waals surface area contributed by atoms with Crippen LogP contribution in [-0.4, -0.2) is 4.98 Å². The zero-order valence-corrected chi connectivity index (χ0v) is 20.3. The van der Waals surface area contributed by atoms with E-state index in [2.05, 4.69) is 104 Å². The van der Waals surface area contributed by atoms with Crippen LogP contribution in [0, 0.1) is 11.3 Å². The molecular weight excluding hydrogens is 438 g/mol. The third-order valence-corrected chi connectivity index (χ3v) is 7.16. The maximum absolute atomic E-state index is 9.35. The number of benzene rings is 4. The van der Waals surface area contributed by atoms with Gasteiger partial charge in [0, 0.05) is 22.7 Å². The molecule has 0 bridgehead atoms. The fourth-order valence-corrected chi connectivity index (χ4v) is 5.35. The number of rotatable bonds is 3. The Labute approximate surface area is 211 Å². The number of pyridine rings is 1. The molecule has 0 N–H and O–H groups in total. The molecule has 2 heterocycles. The molecule has 0 saturated carbocycles. The van der Waals surface area contributed by atoms with E-state index in [1.165, 1.54) is 11.1 Å². The minimum atomic E-state index is -0.145. The number of fused-ring (bicyclic) bond motifs is 2. The van der Waals surface area contributed by atoms with Crippen molar-refractivity contribution in [1.29, 1.82) is 5.26 Å². The maximum atomic E-state index is 9.35. The summed E-state index contributed by atoms with van der Waals surface area (Å²) in [5, 5.41) is 9.35. The topological polar surface area (TPSA) is 39.9 Å². The molecule has 0 spiro atoms. The first kappa shape index (κ1) is 21.8. The van der Waals surface area contributed by atoms with E-state index < -0.39 is 0 Å². The Kier molecular flexibility index (Phi) is 5.16. The smallest absolute Gasteiger partial charge is 0.0991 e. The lowest BCUT2D eigenvalue weighted by molar-refractivity contribution is 0.632. The zero-order chi connectivity index (χ0) is 24.7. The third-order valence-electron chi connectivity index (χ3n) is 7.16. The van der Waals surface area contributed by atoms with Crippen molar-refractivity contribution in [2.24, 2.45) is 0 Å². The quantitative estimate of drug-likeness (QED) is 0.270. The number of hydrogen-bond donors (Lipinski definition) is 0. The van der Waals surface area contributed by atoms with E-state index in [0.29, 0.717) is 5.56 Å². The monoisotopic (exact) mass is 463 g/mol. The molecule has 36 heavy (non-hydrogen) atoms. The van der Waals surface area contributed by atoms with E-state index >= 15 is 0 Å². The second kappa shape index (κ2) is 8.52. The Bertz CT molecular complexity index is 1560. The third kappa shape index (κ3) is 3.39. The van der Waals surface area contributed by atoms with Gasteiger partial charge in [0.25, 0.3) is 0 Å². The highest BCUT2D eigenvalue weighted by Crippen LogP contribution is 2.54. The predicted molar refractivity (Wildman–Crippen MR) is 147 cm³/mol. The fourth-order valence-electron chi connectivity index (χ4n) is 5.35. The summed E-state index contributed by atoms with van der Waals surface area (Å²) in [4.78, 5) is 7.31. The predicted octanol–water partition coefficient (Wildman–Crippen LogP) is 8.40. The van der Waals surface area contributed by atoms with Crippen LogP contribution in [0.15, 0.2) is 115 Å². The van der Waals surface area contributed by atoms with E-state index in [0.717, 1.165) is 39.4 Å². The number of para-hydroxylation sites is 2. The van der Waals surface area contributed by atoms with Crippen LogP contribution < -0.4 is 4.90 Å². The van der Waals surface area contributed by atoms with Crippen molar-refractivity contribution in [3.05, 3.63) is 132 Å². The minimum Gasteiger partial charge on any atom is -0.307 e. The van der Waals surface area contributed by atoms with Gasteiger partial charge in [-0.2, -0.15) is 5.26 Å². The SMILES string of the molecule is CC1(C)c2ccccc2N(c2c(-c3ccc(C#N)cc3)ccnc2-c2ccccc2)c2ccccc21. The average molecular weight is 464 g/mol. The Balaban J connectivity index is 1.71. The van der Waals surface area contributed by atoms with Crippen molar-refractivity contribution in [2.45, 2.75) is 19.3 Å². The highest BCUT2D eigenvalue weighted by atomic mass is 15.2. The molecule has 0 atom stereocenters. The van der Waals surface area contributed by atoms with Crippen LogP contribution in [0.5, 0.6) is 0 Å². The lowest BCUT2D eigenvalue weighted by Gasteiger charge is -2.43. The first-order chi connectivity index (χ1) is 17.6. The van der Waals surface area contributed by atoms with Gasteiger partial charge in [-0.3, -0.25) is 4.98 Å². The van der Waals surface area contributed by atoms with E-state index in [9.17, 15) is 5.26 Å². The largest absolute Gasteiger partial charge is 0.307 e. The first-order valence-corrected chi connectivity index (χ1v) is 12.1. The second-order valence-corrected chi connectivity index (χ2v) is 9.61. The van der Waals surface area contributed by atoms with Crippen molar-refractivity contribution >= 4 is 17.1 Å². The standard InChI is InChI=1S/C33H25N3/c1-33(2)27-12-6-8-14-29(27)36(30-15-9-7-13-28(30)33)32-26(24-18-16-23(22-34)17-19-24)20-21-35-31(32)25-10-4-3-5-11-25/h3-21H,1-2H3. The van der Waals surface area contributed by atoms with Crippen LogP contribution in [0.3, 0.4) is 0 Å². The molecular formula is C33H25N3. The lowest BCUT2D eigenvalue weighted by Crippen LogP contribution is -2.31. The zero-order valence-electron chi connectivity index (χ0n) is 20.3. The summed E-state index contributed by atoms with van der Waals surface area (Å²) in [6.45, 7) is 4.59. The molecule has 172 valence electrons. The van der Waals surface area contributed by atoms with Gasteiger partial charge in [-0.1, -0.05) is 92.7 Å². The average Bonchev–Trinajstić information content (AvgIpc) is 2.94. The lowest BCUT2D eigenvalue weighted by atomic mass is 9.73. The van der Waals surface area contributed by atoms with Crippen molar-refractivity contribution in [1.82, 2.24) is 4.98 Å². The number of hydrogen-bond acceptors (Lipinski definition) is 3. The Morgan fingerprint density at radius 1 is 0.667 bits per heavy atom. The van der Waals surface area contributed by atoms with Gasteiger partial charge in [-0.25, -0.2) is 0 Å². The van der Waals surface area contributed by atoms with Gasteiger partial charge in [0.1, 0.15) is 0 Å². The van der Waals surface area contributed by atoms with Crippen molar-refractivity contribution < 1.29 is 0 Å². The van der Waals surface area contributed by atoms with Gasteiger partial charge < -0.3 is 4.90 Å². The van der Waals surface area contributed by atoms with Gasteiger partial charge in [0.2, 0.25) is 0 Å². The van der Waals surface area contributed by atoms with E-state index in [4.69, 9.17) is 4.98 Å². The molecule has 0 unspecified atom stereocenters. The summed E-state index contributed by atoms with van der Waals surface area (Å²) in [7, 11) is 0. The second-order valence-electron chi connectivity index (χ2n) is 9.61. The summed E-state index contributed by atoms with van der Waals surface area (Å²) in [6, 6.07) is 39.8. The van der Waals surface area contributed by atoms with Crippen LogP contribution in [0.1, 0.15) is 30.5 Å². The number of anilines is 3. The van der Waals surface area contributed by atoms with Crippen molar-refractivity contribution in [3.63, 3.8) is 0 Å². The van der Waals surface area contributed by atoms with E-state index in [1.54, 1.807) is 0 Å². The highest BCUT2D eigenvalue weighted by molar-refractivity contribution is 5.98. The van der Waals surface area contributed by atoms with Gasteiger partial charge in [0.15, 0.2) is 0 Å². The fraction of sp³-hybridized carbons (Fsp3) is 0.0909. The van der Waals surface area contributed by atoms with Gasteiger partial charge in [0.05, 0.1) is 34.4 Å². The van der Waals surface area contributed by atoms with Crippen LogP contribution >= 0.6 is 0 Å². The molecule has 4 aromatic carbocycles.